The van der Waals surface area contributed by atoms with Crippen molar-refractivity contribution in [1.29, 1.82) is 0 Å². The summed E-state index contributed by atoms with van der Waals surface area (Å²) in [5.74, 6) is 1.06. The van der Waals surface area contributed by atoms with Gasteiger partial charge in [-0.2, -0.15) is 0 Å². The fourth-order valence-electron chi connectivity index (χ4n) is 2.85. The van der Waals surface area contributed by atoms with Crippen molar-refractivity contribution in [1.82, 2.24) is 4.90 Å². The third-order valence-electron chi connectivity index (χ3n) is 4.16. The van der Waals surface area contributed by atoms with E-state index in [-0.39, 0.29) is 0 Å². The molecular formula is C15H21NO2. The molecule has 1 aromatic carbocycles. The third-order valence-corrected chi connectivity index (χ3v) is 4.16. The molecule has 0 saturated carbocycles. The summed E-state index contributed by atoms with van der Waals surface area (Å²) in [7, 11) is 0. The van der Waals surface area contributed by atoms with Gasteiger partial charge in [0.05, 0.1) is 12.2 Å². The number of rotatable bonds is 4. The van der Waals surface area contributed by atoms with E-state index < -0.39 is 5.60 Å². The number of fused-ring (bicyclic) bond motifs is 1. The second-order valence-electron chi connectivity index (χ2n) is 5.58. The molecule has 0 spiro atoms. The fraction of sp³-hybridized carbons (Fsp3) is 0.600. The van der Waals surface area contributed by atoms with Gasteiger partial charge in [-0.1, -0.05) is 19.1 Å². The largest absolute Gasteiger partial charge is 0.493 e. The molecular weight excluding hydrogens is 226 g/mol. The molecule has 1 saturated heterocycles. The third kappa shape index (κ3) is 2.25. The van der Waals surface area contributed by atoms with E-state index in [0.717, 1.165) is 51.3 Å². The number of aliphatic hydroxyl groups is 1. The topological polar surface area (TPSA) is 32.7 Å². The van der Waals surface area contributed by atoms with Crippen LogP contribution in [0.3, 0.4) is 0 Å². The van der Waals surface area contributed by atoms with Gasteiger partial charge < -0.3 is 9.84 Å². The van der Waals surface area contributed by atoms with Crippen LogP contribution in [0.2, 0.25) is 0 Å². The molecule has 0 radical (unpaired) electrons. The maximum absolute atomic E-state index is 9.96. The number of β-amino-alcohol motifs (C(OH)–C–C–N with tert-alkyl or cyclic N) is 1. The summed E-state index contributed by atoms with van der Waals surface area (Å²) in [6.07, 6.45) is 2.97. The van der Waals surface area contributed by atoms with Crippen molar-refractivity contribution in [3.05, 3.63) is 29.3 Å². The maximum Gasteiger partial charge on any atom is 0.122 e. The van der Waals surface area contributed by atoms with Gasteiger partial charge in [-0.15, -0.1) is 0 Å². The Morgan fingerprint density at radius 2 is 2.22 bits per heavy atom. The average Bonchev–Trinajstić information content (AvgIpc) is 2.80. The quantitative estimate of drug-likeness (QED) is 0.877. The Morgan fingerprint density at radius 1 is 1.39 bits per heavy atom. The van der Waals surface area contributed by atoms with Crippen LogP contribution in [0.1, 0.15) is 24.5 Å². The van der Waals surface area contributed by atoms with Gasteiger partial charge >= 0.3 is 0 Å². The van der Waals surface area contributed by atoms with Gasteiger partial charge in [0.15, 0.2) is 0 Å². The normalized spacial score (nSPS) is 21.2. The van der Waals surface area contributed by atoms with E-state index in [0.29, 0.717) is 0 Å². The van der Waals surface area contributed by atoms with Gasteiger partial charge in [0.1, 0.15) is 5.75 Å². The molecule has 3 heteroatoms. The molecule has 1 N–H and O–H groups in total. The van der Waals surface area contributed by atoms with E-state index in [2.05, 4.69) is 30.0 Å². The molecule has 18 heavy (non-hydrogen) atoms. The lowest BCUT2D eigenvalue weighted by molar-refractivity contribution is -0.0986. The van der Waals surface area contributed by atoms with Gasteiger partial charge in [-0.3, -0.25) is 4.90 Å². The van der Waals surface area contributed by atoms with Crippen LogP contribution in [-0.4, -0.2) is 41.8 Å². The molecule has 0 bridgehead atoms. The number of ether oxygens (including phenoxy) is 1. The lowest BCUT2D eigenvalue weighted by Gasteiger charge is -2.46. The van der Waals surface area contributed by atoms with Crippen LogP contribution in [0, 0.1) is 0 Å². The van der Waals surface area contributed by atoms with Crippen LogP contribution in [0.15, 0.2) is 18.2 Å². The summed E-state index contributed by atoms with van der Waals surface area (Å²) < 4.78 is 5.51. The Bertz CT molecular complexity index is 438. The van der Waals surface area contributed by atoms with Crippen molar-refractivity contribution in [3.63, 3.8) is 0 Å². The summed E-state index contributed by atoms with van der Waals surface area (Å²) in [6.45, 7) is 5.59. The van der Waals surface area contributed by atoms with Crippen LogP contribution < -0.4 is 4.74 Å². The summed E-state index contributed by atoms with van der Waals surface area (Å²) in [5, 5.41) is 9.96. The number of likely N-dealkylation sites (tertiary alicyclic amines) is 1. The Labute approximate surface area is 108 Å². The zero-order valence-corrected chi connectivity index (χ0v) is 11.0. The van der Waals surface area contributed by atoms with Crippen LogP contribution in [0.4, 0.5) is 0 Å². The van der Waals surface area contributed by atoms with Crippen molar-refractivity contribution in [2.75, 3.05) is 26.2 Å². The standard InChI is InChI=1S/C15H21NO2/c1-2-15(17)10-16(11-15)7-5-12-3-4-14-13(9-12)6-8-18-14/h3-4,9,17H,2,5-8,10-11H2,1H3. The molecule has 1 fully saturated rings. The summed E-state index contributed by atoms with van der Waals surface area (Å²) in [4.78, 5) is 2.33. The molecule has 0 unspecified atom stereocenters. The zero-order valence-electron chi connectivity index (χ0n) is 11.0. The molecule has 2 aliphatic heterocycles. The summed E-state index contributed by atoms with van der Waals surface area (Å²) in [5.41, 5.74) is 2.32. The smallest absolute Gasteiger partial charge is 0.122 e. The molecule has 3 rings (SSSR count). The summed E-state index contributed by atoms with van der Waals surface area (Å²) >= 11 is 0. The molecule has 0 aliphatic carbocycles. The molecule has 1 aromatic rings. The number of hydrogen-bond donors (Lipinski definition) is 1. The van der Waals surface area contributed by atoms with Crippen LogP contribution in [0.5, 0.6) is 5.75 Å². The zero-order chi connectivity index (χ0) is 12.6. The van der Waals surface area contributed by atoms with E-state index >= 15 is 0 Å². The van der Waals surface area contributed by atoms with Crippen LogP contribution in [-0.2, 0) is 12.8 Å². The van der Waals surface area contributed by atoms with Crippen molar-refractivity contribution in [2.45, 2.75) is 31.8 Å². The van der Waals surface area contributed by atoms with E-state index in [9.17, 15) is 5.11 Å². The second-order valence-corrected chi connectivity index (χ2v) is 5.58. The minimum absolute atomic E-state index is 0.411. The minimum atomic E-state index is -0.411. The molecule has 2 aliphatic rings. The maximum atomic E-state index is 9.96. The molecule has 0 amide bonds. The van der Waals surface area contributed by atoms with Gasteiger partial charge in [0.2, 0.25) is 0 Å². The molecule has 98 valence electrons. The predicted octanol–water partition coefficient (Wildman–Crippen LogP) is 1.62. The lowest BCUT2D eigenvalue weighted by Crippen LogP contribution is -2.61. The molecule has 3 nitrogen and oxygen atoms in total. The Hall–Kier alpha value is -1.06. The predicted molar refractivity (Wildman–Crippen MR) is 71.0 cm³/mol. The highest BCUT2D eigenvalue weighted by molar-refractivity contribution is 5.39. The summed E-state index contributed by atoms with van der Waals surface area (Å²) in [6, 6.07) is 6.53. The van der Waals surface area contributed by atoms with Crippen molar-refractivity contribution in [3.8, 4) is 5.75 Å². The molecule has 2 heterocycles. The second kappa shape index (κ2) is 4.56. The van der Waals surface area contributed by atoms with Gasteiger partial charge in [0, 0.05) is 26.1 Å². The SMILES string of the molecule is CCC1(O)CN(CCc2ccc3c(c2)CCO3)C1. The molecule has 0 aromatic heterocycles. The highest BCUT2D eigenvalue weighted by atomic mass is 16.5. The van der Waals surface area contributed by atoms with Crippen LogP contribution >= 0.6 is 0 Å². The first-order chi connectivity index (χ1) is 8.68. The Morgan fingerprint density at radius 3 is 3.00 bits per heavy atom. The fourth-order valence-corrected chi connectivity index (χ4v) is 2.85. The first kappa shape index (κ1) is 12.0. The average molecular weight is 247 g/mol. The van der Waals surface area contributed by atoms with E-state index in [1.807, 2.05) is 0 Å². The van der Waals surface area contributed by atoms with E-state index in [1.54, 1.807) is 0 Å². The monoisotopic (exact) mass is 247 g/mol. The Balaban J connectivity index is 1.52. The van der Waals surface area contributed by atoms with Crippen molar-refractivity contribution >= 4 is 0 Å². The first-order valence-corrected chi connectivity index (χ1v) is 6.88. The van der Waals surface area contributed by atoms with Gasteiger partial charge in [0.25, 0.3) is 0 Å². The van der Waals surface area contributed by atoms with Crippen molar-refractivity contribution < 1.29 is 9.84 Å². The van der Waals surface area contributed by atoms with E-state index in [1.165, 1.54) is 11.1 Å². The van der Waals surface area contributed by atoms with Gasteiger partial charge in [-0.25, -0.2) is 0 Å². The van der Waals surface area contributed by atoms with Crippen molar-refractivity contribution in [2.24, 2.45) is 0 Å². The first-order valence-electron chi connectivity index (χ1n) is 6.88. The van der Waals surface area contributed by atoms with E-state index in [4.69, 9.17) is 4.74 Å². The Kier molecular flexibility index (Phi) is 3.04. The highest BCUT2D eigenvalue weighted by Gasteiger charge is 2.38. The minimum Gasteiger partial charge on any atom is -0.493 e. The van der Waals surface area contributed by atoms with Gasteiger partial charge in [-0.05, 0) is 30.0 Å². The number of nitrogens with zero attached hydrogens (tertiary/aromatic N) is 1. The lowest BCUT2D eigenvalue weighted by atomic mass is 9.91. The number of benzene rings is 1. The molecule has 0 atom stereocenters. The number of hydrogen-bond acceptors (Lipinski definition) is 3. The highest BCUT2D eigenvalue weighted by Crippen LogP contribution is 2.27. The van der Waals surface area contributed by atoms with Crippen LogP contribution in [0.25, 0.3) is 0 Å².